The first-order chi connectivity index (χ1) is 9.21. The number of benzene rings is 1. The van der Waals surface area contributed by atoms with E-state index in [1.807, 2.05) is 6.07 Å². The average molecular weight is 275 g/mol. The Labute approximate surface area is 121 Å². The Morgan fingerprint density at radius 3 is 2.35 bits per heavy atom. The molecule has 2 rings (SSSR count). The van der Waals surface area contributed by atoms with Crippen LogP contribution in [0.5, 0.6) is 0 Å². The second kappa shape index (κ2) is 4.69. The fourth-order valence-corrected chi connectivity index (χ4v) is 3.10. The van der Waals surface area contributed by atoms with Gasteiger partial charge in [-0.25, -0.2) is 0 Å². The lowest BCUT2D eigenvalue weighted by Crippen LogP contribution is -2.20. The van der Waals surface area contributed by atoms with Crippen LogP contribution in [0.1, 0.15) is 38.1 Å². The summed E-state index contributed by atoms with van der Waals surface area (Å²) in [6, 6.07) is 5.34. The predicted octanol–water partition coefficient (Wildman–Crippen LogP) is 2.72. The zero-order valence-corrected chi connectivity index (χ0v) is 13.0. The van der Waals surface area contributed by atoms with Gasteiger partial charge in [0, 0.05) is 25.0 Å². The van der Waals surface area contributed by atoms with E-state index in [0.29, 0.717) is 28.0 Å². The fourth-order valence-electron chi connectivity index (χ4n) is 3.10. The highest BCUT2D eigenvalue weighted by atomic mass is 16.1. The molecule has 0 aromatic heterocycles. The van der Waals surface area contributed by atoms with Gasteiger partial charge >= 0.3 is 0 Å². The molecule has 4 heteroatoms. The zero-order chi connectivity index (χ0) is 15.1. The molecule has 110 valence electrons. The molecule has 1 saturated carbocycles. The van der Waals surface area contributed by atoms with Gasteiger partial charge in [-0.05, 0) is 34.9 Å². The number of hydrogen-bond donors (Lipinski definition) is 3. The van der Waals surface area contributed by atoms with Crippen molar-refractivity contribution in [2.24, 2.45) is 16.7 Å². The number of amides is 1. The van der Waals surface area contributed by atoms with Crippen molar-refractivity contribution in [3.05, 3.63) is 23.8 Å². The maximum Gasteiger partial charge on any atom is 0.253 e. The van der Waals surface area contributed by atoms with Crippen molar-refractivity contribution in [1.29, 1.82) is 0 Å². The van der Waals surface area contributed by atoms with Crippen molar-refractivity contribution in [2.45, 2.75) is 27.7 Å². The number of carbonyl (C=O) groups excluding carboxylic acids is 1. The Hall–Kier alpha value is -1.71. The Kier molecular flexibility index (Phi) is 3.44. The van der Waals surface area contributed by atoms with Crippen LogP contribution in [-0.4, -0.2) is 19.5 Å². The van der Waals surface area contributed by atoms with Crippen molar-refractivity contribution in [3.8, 4) is 0 Å². The standard InChI is InChI=1S/C16H25N3O/c1-15(2)13(16(15,3)4)9-19-12-8-10(17)6-7-11(12)14(20)18-5/h6-8,13,19H,9,17H2,1-5H3,(H,18,20). The zero-order valence-electron chi connectivity index (χ0n) is 13.0. The molecule has 0 spiro atoms. The molecule has 4 N–H and O–H groups in total. The Bertz CT molecular complexity index is 521. The maximum absolute atomic E-state index is 11.9. The largest absolute Gasteiger partial charge is 0.399 e. The first kappa shape index (κ1) is 14.7. The third-order valence-electron chi connectivity index (χ3n) is 5.33. The van der Waals surface area contributed by atoms with E-state index in [9.17, 15) is 4.79 Å². The molecule has 0 aliphatic heterocycles. The van der Waals surface area contributed by atoms with E-state index in [0.717, 1.165) is 12.2 Å². The van der Waals surface area contributed by atoms with Gasteiger partial charge in [0.25, 0.3) is 5.91 Å². The summed E-state index contributed by atoms with van der Waals surface area (Å²) in [4.78, 5) is 11.9. The van der Waals surface area contributed by atoms with E-state index in [-0.39, 0.29) is 5.91 Å². The van der Waals surface area contributed by atoms with E-state index >= 15 is 0 Å². The van der Waals surface area contributed by atoms with Crippen molar-refractivity contribution in [3.63, 3.8) is 0 Å². The second-order valence-electron chi connectivity index (χ2n) is 6.76. The molecule has 1 aromatic carbocycles. The van der Waals surface area contributed by atoms with Crippen molar-refractivity contribution in [1.82, 2.24) is 5.32 Å². The van der Waals surface area contributed by atoms with Crippen LogP contribution in [0.15, 0.2) is 18.2 Å². The number of carbonyl (C=O) groups is 1. The number of nitrogen functional groups attached to an aromatic ring is 1. The number of rotatable bonds is 4. The van der Waals surface area contributed by atoms with Gasteiger partial charge in [-0.1, -0.05) is 27.7 Å². The fraction of sp³-hybridized carbons (Fsp3) is 0.562. The lowest BCUT2D eigenvalue weighted by molar-refractivity contribution is 0.0964. The van der Waals surface area contributed by atoms with Gasteiger partial charge < -0.3 is 16.4 Å². The molecular weight excluding hydrogens is 250 g/mol. The van der Waals surface area contributed by atoms with Crippen molar-refractivity contribution in [2.75, 3.05) is 24.6 Å². The molecule has 1 aromatic rings. The molecule has 1 aliphatic rings. The highest BCUT2D eigenvalue weighted by molar-refractivity contribution is 6.00. The molecule has 0 atom stereocenters. The van der Waals surface area contributed by atoms with E-state index in [4.69, 9.17) is 5.73 Å². The smallest absolute Gasteiger partial charge is 0.253 e. The van der Waals surface area contributed by atoms with Crippen LogP contribution in [0.25, 0.3) is 0 Å². The molecule has 1 aliphatic carbocycles. The molecule has 0 bridgehead atoms. The Balaban J connectivity index is 2.14. The first-order valence-corrected chi connectivity index (χ1v) is 7.07. The minimum atomic E-state index is -0.0955. The minimum Gasteiger partial charge on any atom is -0.399 e. The summed E-state index contributed by atoms with van der Waals surface area (Å²) < 4.78 is 0. The van der Waals surface area contributed by atoms with Gasteiger partial charge in [0.05, 0.1) is 5.56 Å². The summed E-state index contributed by atoms with van der Waals surface area (Å²) in [7, 11) is 1.63. The van der Waals surface area contributed by atoms with Gasteiger partial charge in [0.2, 0.25) is 0 Å². The van der Waals surface area contributed by atoms with Gasteiger partial charge in [-0.15, -0.1) is 0 Å². The lowest BCUT2D eigenvalue weighted by Gasteiger charge is -2.13. The summed E-state index contributed by atoms with van der Waals surface area (Å²) in [6.07, 6.45) is 0. The molecule has 20 heavy (non-hydrogen) atoms. The Morgan fingerprint density at radius 1 is 1.25 bits per heavy atom. The molecule has 4 nitrogen and oxygen atoms in total. The monoisotopic (exact) mass is 275 g/mol. The van der Waals surface area contributed by atoms with Crippen LogP contribution in [0.3, 0.4) is 0 Å². The molecular formula is C16H25N3O. The number of anilines is 2. The van der Waals surface area contributed by atoms with Crippen LogP contribution in [0.4, 0.5) is 11.4 Å². The van der Waals surface area contributed by atoms with Gasteiger partial charge in [0.1, 0.15) is 0 Å². The third-order valence-corrected chi connectivity index (χ3v) is 5.33. The third kappa shape index (κ3) is 2.23. The average Bonchev–Trinajstić information content (AvgIpc) is 2.76. The van der Waals surface area contributed by atoms with Crippen LogP contribution in [0.2, 0.25) is 0 Å². The summed E-state index contributed by atoms with van der Waals surface area (Å²) in [5, 5.41) is 6.06. The summed E-state index contributed by atoms with van der Waals surface area (Å²) in [5.41, 5.74) is 8.59. The first-order valence-electron chi connectivity index (χ1n) is 7.07. The molecule has 1 fully saturated rings. The number of nitrogens with one attached hydrogen (secondary N) is 2. The van der Waals surface area contributed by atoms with E-state index in [1.54, 1.807) is 19.2 Å². The quantitative estimate of drug-likeness (QED) is 0.740. The molecule has 0 unspecified atom stereocenters. The molecule has 1 amide bonds. The topological polar surface area (TPSA) is 67.2 Å². The molecule has 0 heterocycles. The second-order valence-corrected chi connectivity index (χ2v) is 6.76. The summed E-state index contributed by atoms with van der Waals surface area (Å²) in [6.45, 7) is 10.0. The molecule has 0 radical (unpaired) electrons. The van der Waals surface area contributed by atoms with Crippen molar-refractivity contribution < 1.29 is 4.79 Å². The SMILES string of the molecule is CNC(=O)c1ccc(N)cc1NCC1C(C)(C)C1(C)C. The van der Waals surface area contributed by atoms with Crippen molar-refractivity contribution >= 4 is 17.3 Å². The van der Waals surface area contributed by atoms with Gasteiger partial charge in [0.15, 0.2) is 0 Å². The van der Waals surface area contributed by atoms with E-state index in [2.05, 4.69) is 38.3 Å². The normalized spacial score (nSPS) is 19.4. The van der Waals surface area contributed by atoms with Gasteiger partial charge in [-0.2, -0.15) is 0 Å². The van der Waals surface area contributed by atoms with Crippen LogP contribution in [0, 0.1) is 16.7 Å². The van der Waals surface area contributed by atoms with Gasteiger partial charge in [-0.3, -0.25) is 4.79 Å². The highest BCUT2D eigenvalue weighted by Crippen LogP contribution is 2.68. The maximum atomic E-state index is 11.9. The van der Waals surface area contributed by atoms with E-state index in [1.165, 1.54) is 0 Å². The van der Waals surface area contributed by atoms with Crippen LogP contribution in [-0.2, 0) is 0 Å². The molecule has 0 saturated heterocycles. The summed E-state index contributed by atoms with van der Waals surface area (Å²) >= 11 is 0. The number of hydrogen-bond acceptors (Lipinski definition) is 3. The number of nitrogens with two attached hydrogens (primary N) is 1. The predicted molar refractivity (Wildman–Crippen MR) is 83.8 cm³/mol. The minimum absolute atomic E-state index is 0.0955. The Morgan fingerprint density at radius 2 is 1.85 bits per heavy atom. The van der Waals surface area contributed by atoms with E-state index < -0.39 is 0 Å². The van der Waals surface area contributed by atoms with Crippen LogP contribution < -0.4 is 16.4 Å². The summed E-state index contributed by atoms with van der Waals surface area (Å²) in [5.74, 6) is 0.496. The highest BCUT2D eigenvalue weighted by Gasteiger charge is 2.64. The lowest BCUT2D eigenvalue weighted by atomic mass is 10.0. The van der Waals surface area contributed by atoms with Crippen LogP contribution >= 0.6 is 0 Å².